The predicted molar refractivity (Wildman–Crippen MR) is 69.1 cm³/mol. The van der Waals surface area contributed by atoms with Crippen LogP contribution in [0, 0.1) is 5.82 Å². The lowest BCUT2D eigenvalue weighted by Gasteiger charge is -2.08. The van der Waals surface area contributed by atoms with Crippen molar-refractivity contribution in [3.63, 3.8) is 0 Å². The van der Waals surface area contributed by atoms with Crippen molar-refractivity contribution in [1.82, 2.24) is 0 Å². The molecule has 0 bridgehead atoms. The second kappa shape index (κ2) is 6.92. The number of halogens is 2. The fourth-order valence-corrected chi connectivity index (χ4v) is 1.32. The van der Waals surface area contributed by atoms with Crippen molar-refractivity contribution in [2.45, 2.75) is 13.5 Å². The van der Waals surface area contributed by atoms with Crippen LogP contribution < -0.4 is 0 Å². The monoisotopic (exact) mass is 252 g/mol. The van der Waals surface area contributed by atoms with Crippen LogP contribution in [0.15, 0.2) is 59.9 Å². The third kappa shape index (κ3) is 4.87. The highest BCUT2D eigenvalue weighted by Gasteiger charge is 2.00. The molecule has 3 heteroatoms. The van der Waals surface area contributed by atoms with Gasteiger partial charge in [-0.1, -0.05) is 42.5 Å². The molecule has 0 unspecified atom stereocenters. The molecule has 1 aromatic carbocycles. The first-order valence-corrected chi connectivity index (χ1v) is 5.54. The van der Waals surface area contributed by atoms with E-state index in [0.29, 0.717) is 10.8 Å². The van der Waals surface area contributed by atoms with Crippen molar-refractivity contribution in [2.75, 3.05) is 0 Å². The molecular formula is C14H14ClFO. The van der Waals surface area contributed by atoms with E-state index in [1.807, 2.05) is 0 Å². The summed E-state index contributed by atoms with van der Waals surface area (Å²) in [5, 5.41) is 0.541. The van der Waals surface area contributed by atoms with Crippen LogP contribution in [0.2, 0.25) is 0 Å². The Morgan fingerprint density at radius 2 is 2.29 bits per heavy atom. The summed E-state index contributed by atoms with van der Waals surface area (Å²) < 4.78 is 18.4. The molecule has 0 heterocycles. The summed E-state index contributed by atoms with van der Waals surface area (Å²) in [6.45, 7) is 5.57. The molecule has 0 N–H and O–H groups in total. The molecule has 0 atom stereocenters. The zero-order valence-corrected chi connectivity index (χ0v) is 10.4. The van der Waals surface area contributed by atoms with Crippen molar-refractivity contribution in [1.29, 1.82) is 0 Å². The maximum Gasteiger partial charge on any atom is 0.133 e. The minimum absolute atomic E-state index is 0.276. The Morgan fingerprint density at radius 3 is 2.88 bits per heavy atom. The van der Waals surface area contributed by atoms with Gasteiger partial charge in [0.1, 0.15) is 18.2 Å². The Balaban J connectivity index is 2.68. The zero-order chi connectivity index (χ0) is 12.7. The van der Waals surface area contributed by atoms with Gasteiger partial charge in [0.15, 0.2) is 0 Å². The van der Waals surface area contributed by atoms with Gasteiger partial charge < -0.3 is 4.74 Å². The fraction of sp³-hybridized carbons (Fsp3) is 0.143. The minimum atomic E-state index is -0.277. The molecular weight excluding hydrogens is 239 g/mol. The predicted octanol–water partition coefficient (Wildman–Crippen LogP) is 4.55. The number of rotatable bonds is 5. The van der Waals surface area contributed by atoms with E-state index in [9.17, 15) is 4.39 Å². The molecule has 0 fully saturated rings. The normalized spacial score (nSPS) is 12.4. The molecule has 1 aromatic rings. The second-order valence-electron chi connectivity index (χ2n) is 3.41. The van der Waals surface area contributed by atoms with E-state index >= 15 is 0 Å². The fourth-order valence-electron chi connectivity index (χ4n) is 1.21. The molecule has 17 heavy (non-hydrogen) atoms. The van der Waals surface area contributed by atoms with Crippen molar-refractivity contribution < 1.29 is 9.13 Å². The molecule has 0 saturated heterocycles. The summed E-state index contributed by atoms with van der Waals surface area (Å²) in [6, 6.07) is 6.26. The van der Waals surface area contributed by atoms with Crippen molar-refractivity contribution >= 4 is 11.6 Å². The molecule has 0 saturated carbocycles. The number of hydrogen-bond donors (Lipinski definition) is 0. The molecule has 0 radical (unpaired) electrons. The summed E-state index contributed by atoms with van der Waals surface area (Å²) in [5.74, 6) is 0.275. The first-order chi connectivity index (χ1) is 8.13. The average molecular weight is 253 g/mol. The Kier molecular flexibility index (Phi) is 5.50. The third-order valence-corrected chi connectivity index (χ3v) is 2.19. The SMILES string of the molecule is C=C/C=C\C(OCc1cccc(F)c1)=C(/C)Cl. The smallest absolute Gasteiger partial charge is 0.133 e. The van der Waals surface area contributed by atoms with E-state index in [1.54, 1.807) is 37.3 Å². The minimum Gasteiger partial charge on any atom is -0.488 e. The molecule has 0 aliphatic rings. The van der Waals surface area contributed by atoms with Crippen LogP contribution in [0.4, 0.5) is 4.39 Å². The number of benzene rings is 1. The van der Waals surface area contributed by atoms with Gasteiger partial charge in [-0.3, -0.25) is 0 Å². The van der Waals surface area contributed by atoms with E-state index in [-0.39, 0.29) is 12.4 Å². The van der Waals surface area contributed by atoms with Gasteiger partial charge in [0.2, 0.25) is 0 Å². The highest BCUT2D eigenvalue weighted by atomic mass is 35.5. The lowest BCUT2D eigenvalue weighted by Crippen LogP contribution is -1.93. The summed E-state index contributed by atoms with van der Waals surface area (Å²) in [6.07, 6.45) is 5.08. The van der Waals surface area contributed by atoms with Gasteiger partial charge in [0, 0.05) is 0 Å². The number of hydrogen-bond acceptors (Lipinski definition) is 1. The maximum absolute atomic E-state index is 12.9. The molecule has 1 rings (SSSR count). The van der Waals surface area contributed by atoms with Crippen LogP contribution in [-0.4, -0.2) is 0 Å². The first-order valence-electron chi connectivity index (χ1n) is 5.16. The number of allylic oxidation sites excluding steroid dienone is 4. The Morgan fingerprint density at radius 1 is 1.53 bits per heavy atom. The average Bonchev–Trinajstić information content (AvgIpc) is 2.28. The Hall–Kier alpha value is -1.54. The van der Waals surface area contributed by atoms with Gasteiger partial charge in [-0.2, -0.15) is 0 Å². The van der Waals surface area contributed by atoms with Crippen LogP contribution in [0.25, 0.3) is 0 Å². The van der Waals surface area contributed by atoms with Gasteiger partial charge >= 0.3 is 0 Å². The third-order valence-electron chi connectivity index (χ3n) is 2.01. The maximum atomic E-state index is 12.9. The van der Waals surface area contributed by atoms with Gasteiger partial charge in [0.25, 0.3) is 0 Å². The van der Waals surface area contributed by atoms with E-state index in [4.69, 9.17) is 16.3 Å². The van der Waals surface area contributed by atoms with Gasteiger partial charge in [-0.05, 0) is 30.7 Å². The summed E-state index contributed by atoms with van der Waals surface area (Å²) in [5.41, 5.74) is 0.757. The highest BCUT2D eigenvalue weighted by Crippen LogP contribution is 2.15. The van der Waals surface area contributed by atoms with Crippen LogP contribution in [0.1, 0.15) is 12.5 Å². The summed E-state index contributed by atoms with van der Waals surface area (Å²) >= 11 is 5.87. The molecule has 0 spiro atoms. The Labute approximate surface area is 106 Å². The van der Waals surface area contributed by atoms with Crippen LogP contribution in [0.3, 0.4) is 0 Å². The van der Waals surface area contributed by atoms with Gasteiger partial charge in [0.05, 0.1) is 5.03 Å². The van der Waals surface area contributed by atoms with Crippen molar-refractivity contribution in [3.05, 3.63) is 71.2 Å². The lowest BCUT2D eigenvalue weighted by atomic mass is 10.2. The number of ether oxygens (including phenoxy) is 1. The van der Waals surface area contributed by atoms with Gasteiger partial charge in [-0.25, -0.2) is 4.39 Å². The molecule has 90 valence electrons. The standard InChI is InChI=1S/C14H14ClFO/c1-3-4-8-14(11(2)15)17-10-12-6-5-7-13(16)9-12/h3-9H,1,10H2,2H3/b8-4-,14-11-. The zero-order valence-electron chi connectivity index (χ0n) is 9.62. The molecule has 0 aliphatic heterocycles. The summed E-state index contributed by atoms with van der Waals surface area (Å²) in [7, 11) is 0. The Bertz CT molecular complexity index is 445. The topological polar surface area (TPSA) is 9.23 Å². The van der Waals surface area contributed by atoms with Crippen LogP contribution >= 0.6 is 11.6 Å². The van der Waals surface area contributed by atoms with Crippen LogP contribution in [0.5, 0.6) is 0 Å². The second-order valence-corrected chi connectivity index (χ2v) is 3.98. The molecule has 0 aliphatic carbocycles. The van der Waals surface area contributed by atoms with E-state index in [2.05, 4.69) is 6.58 Å². The summed E-state index contributed by atoms with van der Waals surface area (Å²) in [4.78, 5) is 0. The van der Waals surface area contributed by atoms with E-state index < -0.39 is 0 Å². The first kappa shape index (κ1) is 13.5. The lowest BCUT2D eigenvalue weighted by molar-refractivity contribution is 0.209. The van der Waals surface area contributed by atoms with Crippen molar-refractivity contribution in [3.8, 4) is 0 Å². The largest absolute Gasteiger partial charge is 0.488 e. The van der Waals surface area contributed by atoms with Gasteiger partial charge in [-0.15, -0.1) is 0 Å². The quantitative estimate of drug-likeness (QED) is 0.552. The highest BCUT2D eigenvalue weighted by molar-refractivity contribution is 6.29. The van der Waals surface area contributed by atoms with E-state index in [0.717, 1.165) is 5.56 Å². The molecule has 1 nitrogen and oxygen atoms in total. The molecule has 0 amide bonds. The molecule has 0 aromatic heterocycles. The van der Waals surface area contributed by atoms with E-state index in [1.165, 1.54) is 12.1 Å². The van der Waals surface area contributed by atoms with Crippen LogP contribution in [-0.2, 0) is 11.3 Å². The van der Waals surface area contributed by atoms with Crippen molar-refractivity contribution in [2.24, 2.45) is 0 Å².